The van der Waals surface area contributed by atoms with Gasteiger partial charge in [0.05, 0.1) is 25.1 Å². The summed E-state index contributed by atoms with van der Waals surface area (Å²) in [6.45, 7) is 2.49. The van der Waals surface area contributed by atoms with Crippen LogP contribution in [-0.4, -0.2) is 21.4 Å². The van der Waals surface area contributed by atoms with Crippen LogP contribution in [0.3, 0.4) is 0 Å². The number of nitrogens with zero attached hydrogens (tertiary/aromatic N) is 3. The largest absolute Gasteiger partial charge is 0.465 e. The molecule has 0 fully saturated rings. The average molecular weight is 378 g/mol. The van der Waals surface area contributed by atoms with Gasteiger partial charge >= 0.3 is 0 Å². The number of aromatic nitrogens is 2. The average Bonchev–Trinajstić information content (AvgIpc) is 3.28. The van der Waals surface area contributed by atoms with Gasteiger partial charge in [0.15, 0.2) is 5.82 Å². The van der Waals surface area contributed by atoms with E-state index in [-0.39, 0.29) is 18.4 Å². The second-order valence-corrected chi connectivity index (χ2v) is 7.02. The maximum atomic E-state index is 13.2. The molecule has 0 aliphatic carbocycles. The van der Waals surface area contributed by atoms with E-state index in [4.69, 9.17) is 4.42 Å². The van der Waals surface area contributed by atoms with E-state index in [0.29, 0.717) is 24.5 Å². The summed E-state index contributed by atoms with van der Waals surface area (Å²) in [7, 11) is 1.88. The fourth-order valence-corrected chi connectivity index (χ4v) is 3.48. The SMILES string of the molecule is Cc1ccc(CNC(=O)C2Cc3c(ncn3C)N(Cc3ccccc3)C2=O)o1. The number of aryl methyl sites for hydroxylation is 2. The molecule has 144 valence electrons. The molecule has 3 aromatic rings. The first kappa shape index (κ1) is 18.0. The molecule has 1 N–H and O–H groups in total. The zero-order chi connectivity index (χ0) is 19.7. The third-order valence-electron chi connectivity index (χ3n) is 4.99. The lowest BCUT2D eigenvalue weighted by atomic mass is 9.95. The fraction of sp³-hybridized carbons (Fsp3) is 0.286. The number of imidazole rings is 1. The van der Waals surface area contributed by atoms with Gasteiger partial charge in [-0.3, -0.25) is 14.5 Å². The summed E-state index contributed by atoms with van der Waals surface area (Å²) >= 11 is 0. The molecule has 7 heteroatoms. The van der Waals surface area contributed by atoms with E-state index >= 15 is 0 Å². The highest BCUT2D eigenvalue weighted by atomic mass is 16.3. The molecule has 1 aliphatic heterocycles. The number of nitrogens with one attached hydrogen (secondary N) is 1. The number of furan rings is 1. The van der Waals surface area contributed by atoms with E-state index in [1.54, 1.807) is 11.2 Å². The minimum atomic E-state index is -0.789. The molecule has 0 spiro atoms. The first-order chi connectivity index (χ1) is 13.5. The number of carbonyl (C=O) groups is 2. The third kappa shape index (κ3) is 3.43. The molecular weight excluding hydrogens is 356 g/mol. The molecule has 0 radical (unpaired) electrons. The third-order valence-corrected chi connectivity index (χ3v) is 4.99. The molecule has 4 rings (SSSR count). The van der Waals surface area contributed by atoms with E-state index in [9.17, 15) is 9.59 Å². The molecule has 1 atom stereocenters. The maximum Gasteiger partial charge on any atom is 0.241 e. The first-order valence-corrected chi connectivity index (χ1v) is 9.21. The van der Waals surface area contributed by atoms with Crippen LogP contribution in [0.2, 0.25) is 0 Å². The molecule has 2 amide bonds. The van der Waals surface area contributed by atoms with Crippen molar-refractivity contribution in [1.82, 2.24) is 14.9 Å². The van der Waals surface area contributed by atoms with Crippen LogP contribution in [0.15, 0.2) is 53.2 Å². The van der Waals surface area contributed by atoms with Crippen molar-refractivity contribution in [2.75, 3.05) is 4.90 Å². The number of rotatable bonds is 5. The number of hydrogen-bond acceptors (Lipinski definition) is 4. The maximum absolute atomic E-state index is 13.2. The Bertz CT molecular complexity index is 1010. The van der Waals surface area contributed by atoms with Gasteiger partial charge in [0, 0.05) is 13.5 Å². The van der Waals surface area contributed by atoms with E-state index in [0.717, 1.165) is 17.0 Å². The summed E-state index contributed by atoms with van der Waals surface area (Å²) in [4.78, 5) is 32.0. The normalized spacial score (nSPS) is 16.1. The lowest BCUT2D eigenvalue weighted by Crippen LogP contribution is -2.48. The fourth-order valence-electron chi connectivity index (χ4n) is 3.48. The molecule has 3 heterocycles. The van der Waals surface area contributed by atoms with E-state index in [2.05, 4.69) is 10.3 Å². The van der Waals surface area contributed by atoms with Crippen molar-refractivity contribution in [1.29, 1.82) is 0 Å². The van der Waals surface area contributed by atoms with Crippen LogP contribution in [-0.2, 0) is 36.1 Å². The highest BCUT2D eigenvalue weighted by Gasteiger charge is 2.39. The molecule has 0 bridgehead atoms. The van der Waals surface area contributed by atoms with Gasteiger partial charge in [-0.25, -0.2) is 4.98 Å². The summed E-state index contributed by atoms with van der Waals surface area (Å²) in [5, 5.41) is 2.83. The minimum Gasteiger partial charge on any atom is -0.465 e. The minimum absolute atomic E-state index is 0.233. The topological polar surface area (TPSA) is 80.4 Å². The number of fused-ring (bicyclic) bond motifs is 1. The zero-order valence-corrected chi connectivity index (χ0v) is 15.9. The van der Waals surface area contributed by atoms with Gasteiger partial charge in [0.1, 0.15) is 17.4 Å². The van der Waals surface area contributed by atoms with Crippen LogP contribution < -0.4 is 10.2 Å². The molecular formula is C21H22N4O3. The predicted molar refractivity (Wildman–Crippen MR) is 103 cm³/mol. The van der Waals surface area contributed by atoms with Crippen LogP contribution >= 0.6 is 0 Å². The van der Waals surface area contributed by atoms with Gasteiger partial charge in [-0.15, -0.1) is 0 Å². The Morgan fingerprint density at radius 3 is 2.75 bits per heavy atom. The second kappa shape index (κ2) is 7.34. The Labute approximate surface area is 163 Å². The molecule has 1 unspecified atom stereocenters. The summed E-state index contributed by atoms with van der Waals surface area (Å²) in [6, 6.07) is 13.4. The summed E-state index contributed by atoms with van der Waals surface area (Å²) in [5.74, 6) is 0.750. The molecule has 7 nitrogen and oxygen atoms in total. The predicted octanol–water partition coefficient (Wildman–Crippen LogP) is 2.34. The van der Waals surface area contributed by atoms with Crippen molar-refractivity contribution < 1.29 is 14.0 Å². The molecule has 0 saturated carbocycles. The van der Waals surface area contributed by atoms with Crippen molar-refractivity contribution in [3.63, 3.8) is 0 Å². The van der Waals surface area contributed by atoms with Crippen molar-refractivity contribution in [2.24, 2.45) is 13.0 Å². The molecule has 28 heavy (non-hydrogen) atoms. The van der Waals surface area contributed by atoms with Crippen molar-refractivity contribution >= 4 is 17.6 Å². The van der Waals surface area contributed by atoms with Gasteiger partial charge in [-0.2, -0.15) is 0 Å². The van der Waals surface area contributed by atoms with Gasteiger partial charge in [0.25, 0.3) is 0 Å². The van der Waals surface area contributed by atoms with E-state index < -0.39 is 5.92 Å². The number of hydrogen-bond donors (Lipinski definition) is 1. The Kier molecular flexibility index (Phi) is 4.73. The lowest BCUT2D eigenvalue weighted by Gasteiger charge is -2.31. The summed E-state index contributed by atoms with van der Waals surface area (Å²) < 4.78 is 7.36. The lowest BCUT2D eigenvalue weighted by molar-refractivity contribution is -0.134. The highest BCUT2D eigenvalue weighted by molar-refractivity contribution is 6.09. The van der Waals surface area contributed by atoms with E-state index in [1.165, 1.54) is 0 Å². The number of anilines is 1. The second-order valence-electron chi connectivity index (χ2n) is 7.02. The number of carbonyl (C=O) groups excluding carboxylic acids is 2. The number of amides is 2. The van der Waals surface area contributed by atoms with Crippen molar-refractivity contribution in [3.05, 3.63) is 71.6 Å². The summed E-state index contributed by atoms with van der Waals surface area (Å²) in [6.07, 6.45) is 2.01. The summed E-state index contributed by atoms with van der Waals surface area (Å²) in [5.41, 5.74) is 1.86. The molecule has 0 saturated heterocycles. The van der Waals surface area contributed by atoms with Crippen LogP contribution in [0.1, 0.15) is 22.8 Å². The monoisotopic (exact) mass is 378 g/mol. The van der Waals surface area contributed by atoms with Crippen LogP contribution in [0.5, 0.6) is 0 Å². The van der Waals surface area contributed by atoms with Gasteiger partial charge in [0.2, 0.25) is 11.8 Å². The van der Waals surface area contributed by atoms with Crippen molar-refractivity contribution in [2.45, 2.75) is 26.4 Å². The van der Waals surface area contributed by atoms with Crippen LogP contribution in [0.25, 0.3) is 0 Å². The quantitative estimate of drug-likeness (QED) is 0.691. The van der Waals surface area contributed by atoms with Crippen molar-refractivity contribution in [3.8, 4) is 0 Å². The Morgan fingerprint density at radius 2 is 2.04 bits per heavy atom. The molecule has 1 aliphatic rings. The van der Waals surface area contributed by atoms with Gasteiger partial charge < -0.3 is 14.3 Å². The number of benzene rings is 1. The molecule has 1 aromatic carbocycles. The smallest absolute Gasteiger partial charge is 0.241 e. The Balaban J connectivity index is 1.56. The Hall–Kier alpha value is -3.35. The van der Waals surface area contributed by atoms with Crippen LogP contribution in [0.4, 0.5) is 5.82 Å². The van der Waals surface area contributed by atoms with Gasteiger partial charge in [-0.1, -0.05) is 30.3 Å². The highest BCUT2D eigenvalue weighted by Crippen LogP contribution is 2.30. The molecule has 2 aromatic heterocycles. The van der Waals surface area contributed by atoms with Gasteiger partial charge in [-0.05, 0) is 24.6 Å². The standard InChI is InChI=1S/C21H22N4O3/c1-14-8-9-16(28-14)11-22-20(26)17-10-18-19(23-13-24(18)2)25(21(17)27)12-15-6-4-3-5-7-15/h3-9,13,17H,10-12H2,1-2H3,(H,22,26). The Morgan fingerprint density at radius 1 is 1.25 bits per heavy atom. The zero-order valence-electron chi connectivity index (χ0n) is 15.9. The van der Waals surface area contributed by atoms with E-state index in [1.807, 2.05) is 61.0 Å². The first-order valence-electron chi connectivity index (χ1n) is 9.21. The van der Waals surface area contributed by atoms with Crippen LogP contribution in [0, 0.1) is 12.8 Å².